The largest absolute Gasteiger partial charge is 0.472 e. The zero-order chi connectivity index (χ0) is 44.3. The highest BCUT2D eigenvalue weighted by Gasteiger charge is 2.27. The van der Waals surface area contributed by atoms with E-state index in [-0.39, 0.29) is 19.1 Å². The maximum absolute atomic E-state index is 12.9. The Morgan fingerprint density at radius 1 is 0.550 bits per heavy atom. The van der Waals surface area contributed by atoms with E-state index in [1.165, 1.54) is 186 Å². The van der Waals surface area contributed by atoms with Gasteiger partial charge in [0.2, 0.25) is 5.91 Å². The van der Waals surface area contributed by atoms with Gasteiger partial charge in [0, 0.05) is 6.42 Å². The van der Waals surface area contributed by atoms with Gasteiger partial charge in [0.25, 0.3) is 0 Å². The minimum atomic E-state index is -4.34. The van der Waals surface area contributed by atoms with Crippen LogP contribution in [0.3, 0.4) is 0 Å². The molecule has 0 fully saturated rings. The Morgan fingerprint density at radius 3 is 1.28 bits per heavy atom. The van der Waals surface area contributed by atoms with Gasteiger partial charge < -0.3 is 19.8 Å². The van der Waals surface area contributed by atoms with E-state index in [9.17, 15) is 19.4 Å². The molecular formula is C51H102N2O6P+. The molecule has 1 amide bonds. The molecular weight excluding hydrogens is 768 g/mol. The van der Waals surface area contributed by atoms with Gasteiger partial charge in [-0.25, -0.2) is 4.57 Å². The minimum absolute atomic E-state index is 0.0624. The van der Waals surface area contributed by atoms with Crippen LogP contribution in [0.25, 0.3) is 0 Å². The second-order valence-electron chi connectivity index (χ2n) is 18.9. The number of unbranched alkanes of at least 4 members (excludes halogenated alkanes) is 32. The fourth-order valence-electron chi connectivity index (χ4n) is 7.57. The van der Waals surface area contributed by atoms with E-state index in [0.29, 0.717) is 17.4 Å². The number of likely N-dealkylation sites (N-methyl/N-ethyl adjacent to an activating group) is 1. The van der Waals surface area contributed by atoms with Crippen molar-refractivity contribution in [1.29, 1.82) is 0 Å². The molecule has 0 aliphatic carbocycles. The smallest absolute Gasteiger partial charge is 0.387 e. The fourth-order valence-corrected chi connectivity index (χ4v) is 8.30. The lowest BCUT2D eigenvalue weighted by Crippen LogP contribution is -2.45. The maximum Gasteiger partial charge on any atom is 0.472 e. The Kier molecular flexibility index (Phi) is 42.5. The standard InChI is InChI=1S/C51H101N2O6P/c1-6-8-10-12-14-16-18-20-21-22-23-24-25-26-27-28-29-30-31-33-35-37-39-41-43-45-51(55)52-49(48-59-60(56,57)58-47-46-53(3,4)5)50(54)44-42-40-38-36-34-32-19-17-15-13-11-9-7-2/h26-27,42,44,49-50,54H,6-25,28-41,43,45-48H2,1-5H3,(H-,52,55,56,57)/p+1/b27-26-,44-42+. The van der Waals surface area contributed by atoms with Gasteiger partial charge in [0.05, 0.1) is 39.9 Å². The van der Waals surface area contributed by atoms with Crippen LogP contribution in [0.15, 0.2) is 24.3 Å². The van der Waals surface area contributed by atoms with Crippen LogP contribution in [0.4, 0.5) is 0 Å². The average Bonchev–Trinajstić information content (AvgIpc) is 3.20. The number of nitrogens with one attached hydrogen (secondary N) is 1. The number of phosphoric ester groups is 1. The van der Waals surface area contributed by atoms with E-state index in [0.717, 1.165) is 38.5 Å². The van der Waals surface area contributed by atoms with Gasteiger partial charge >= 0.3 is 7.82 Å². The van der Waals surface area contributed by atoms with Crippen molar-refractivity contribution in [2.24, 2.45) is 0 Å². The van der Waals surface area contributed by atoms with Crippen LogP contribution in [0.1, 0.15) is 245 Å². The number of hydrogen-bond donors (Lipinski definition) is 3. The molecule has 0 aromatic rings. The third kappa shape index (κ3) is 45.0. The number of carbonyl (C=O) groups excluding carboxylic acids is 1. The lowest BCUT2D eigenvalue weighted by molar-refractivity contribution is -0.870. The number of aliphatic hydroxyl groups excluding tert-OH is 1. The normalized spacial score (nSPS) is 14.3. The zero-order valence-electron chi connectivity index (χ0n) is 40.5. The number of amides is 1. The molecule has 0 radical (unpaired) electrons. The molecule has 0 heterocycles. The Labute approximate surface area is 373 Å². The van der Waals surface area contributed by atoms with Gasteiger partial charge in [0.1, 0.15) is 13.2 Å². The molecule has 356 valence electrons. The molecule has 0 aromatic carbocycles. The first kappa shape index (κ1) is 59.0. The van der Waals surface area contributed by atoms with E-state index in [1.54, 1.807) is 6.08 Å². The van der Waals surface area contributed by atoms with Gasteiger partial charge in [-0.2, -0.15) is 0 Å². The van der Waals surface area contributed by atoms with Crippen molar-refractivity contribution < 1.29 is 32.9 Å². The summed E-state index contributed by atoms with van der Waals surface area (Å²) in [5, 5.41) is 13.9. The van der Waals surface area contributed by atoms with Crippen molar-refractivity contribution >= 4 is 13.7 Å². The van der Waals surface area contributed by atoms with Crippen molar-refractivity contribution in [2.75, 3.05) is 40.9 Å². The lowest BCUT2D eigenvalue weighted by atomic mass is 10.0. The van der Waals surface area contributed by atoms with Crippen LogP contribution in [-0.4, -0.2) is 73.4 Å². The molecule has 9 heteroatoms. The van der Waals surface area contributed by atoms with E-state index in [2.05, 4.69) is 31.3 Å². The first-order valence-electron chi connectivity index (χ1n) is 25.7. The summed E-state index contributed by atoms with van der Waals surface area (Å²) in [7, 11) is 1.58. The summed E-state index contributed by atoms with van der Waals surface area (Å²) in [5.74, 6) is -0.178. The van der Waals surface area contributed by atoms with Crippen LogP contribution in [-0.2, 0) is 18.4 Å². The summed E-state index contributed by atoms with van der Waals surface area (Å²) in [6, 6.07) is -0.844. The lowest BCUT2D eigenvalue weighted by Gasteiger charge is -2.25. The molecule has 3 atom stereocenters. The predicted molar refractivity (Wildman–Crippen MR) is 258 cm³/mol. The number of rotatable bonds is 47. The molecule has 8 nitrogen and oxygen atoms in total. The topological polar surface area (TPSA) is 105 Å². The second kappa shape index (κ2) is 43.2. The van der Waals surface area contributed by atoms with Crippen LogP contribution in [0.2, 0.25) is 0 Å². The van der Waals surface area contributed by atoms with Crippen LogP contribution < -0.4 is 5.32 Å². The highest BCUT2D eigenvalue weighted by molar-refractivity contribution is 7.47. The molecule has 0 rings (SSSR count). The molecule has 0 bridgehead atoms. The third-order valence-electron chi connectivity index (χ3n) is 11.7. The zero-order valence-corrected chi connectivity index (χ0v) is 41.4. The van der Waals surface area contributed by atoms with E-state index in [1.807, 2.05) is 27.2 Å². The van der Waals surface area contributed by atoms with Gasteiger partial charge in [-0.3, -0.25) is 13.8 Å². The molecule has 3 N–H and O–H groups in total. The van der Waals surface area contributed by atoms with Crippen LogP contribution in [0.5, 0.6) is 0 Å². The summed E-state index contributed by atoms with van der Waals surface area (Å²) in [5.41, 5.74) is 0. The van der Waals surface area contributed by atoms with E-state index in [4.69, 9.17) is 9.05 Å². The molecule has 0 saturated carbocycles. The number of allylic oxidation sites excluding steroid dienone is 3. The minimum Gasteiger partial charge on any atom is -0.387 e. The van der Waals surface area contributed by atoms with Crippen molar-refractivity contribution in [2.45, 2.75) is 257 Å². The number of hydrogen-bond acceptors (Lipinski definition) is 5. The SMILES string of the molecule is CCCCCCCCCCCCC/C=C/C(O)C(COP(=O)(O)OCC[N+](C)(C)C)NC(=O)CCCCCCCCCCC/C=C\CCCCCCCCCCCCCC. The summed E-state index contributed by atoms with van der Waals surface area (Å²) < 4.78 is 23.6. The highest BCUT2D eigenvalue weighted by atomic mass is 31.2. The monoisotopic (exact) mass is 870 g/mol. The maximum atomic E-state index is 12.9. The van der Waals surface area contributed by atoms with Gasteiger partial charge in [0.15, 0.2) is 0 Å². The van der Waals surface area contributed by atoms with Crippen molar-refractivity contribution in [1.82, 2.24) is 5.32 Å². The van der Waals surface area contributed by atoms with Crippen molar-refractivity contribution in [3.8, 4) is 0 Å². The summed E-state index contributed by atoms with van der Waals surface area (Å²) in [4.78, 5) is 23.2. The number of carbonyl (C=O) groups is 1. The van der Waals surface area contributed by atoms with E-state index >= 15 is 0 Å². The number of quaternary nitrogens is 1. The molecule has 60 heavy (non-hydrogen) atoms. The Hall–Kier alpha value is -1.02. The summed E-state index contributed by atoms with van der Waals surface area (Å²) in [6.07, 6.45) is 52.6. The van der Waals surface area contributed by atoms with Gasteiger partial charge in [-0.15, -0.1) is 0 Å². The number of aliphatic hydroxyl groups is 1. The Balaban J connectivity index is 4.19. The summed E-state index contributed by atoms with van der Waals surface area (Å²) in [6.45, 7) is 4.83. The fraction of sp³-hybridized carbons (Fsp3) is 0.902. The van der Waals surface area contributed by atoms with Crippen molar-refractivity contribution in [3.63, 3.8) is 0 Å². The predicted octanol–water partition coefficient (Wildman–Crippen LogP) is 14.9. The molecule has 0 aromatic heterocycles. The molecule has 0 spiro atoms. The third-order valence-corrected chi connectivity index (χ3v) is 12.6. The van der Waals surface area contributed by atoms with Crippen LogP contribution >= 0.6 is 7.82 Å². The molecule has 0 aliphatic rings. The first-order chi connectivity index (χ1) is 29.0. The second-order valence-corrected chi connectivity index (χ2v) is 20.4. The molecule has 3 unspecified atom stereocenters. The van der Waals surface area contributed by atoms with Gasteiger partial charge in [-0.05, 0) is 44.9 Å². The quantitative estimate of drug-likeness (QED) is 0.0243. The average molecular weight is 870 g/mol. The Morgan fingerprint density at radius 2 is 0.900 bits per heavy atom. The first-order valence-corrected chi connectivity index (χ1v) is 27.2. The highest BCUT2D eigenvalue weighted by Crippen LogP contribution is 2.43. The van der Waals surface area contributed by atoms with E-state index < -0.39 is 20.0 Å². The van der Waals surface area contributed by atoms with Crippen LogP contribution in [0, 0.1) is 0 Å². The summed E-state index contributed by atoms with van der Waals surface area (Å²) >= 11 is 0. The molecule has 0 aliphatic heterocycles. The number of nitrogens with zero attached hydrogens (tertiary/aromatic N) is 1. The van der Waals surface area contributed by atoms with Crippen molar-refractivity contribution in [3.05, 3.63) is 24.3 Å². The molecule has 0 saturated heterocycles. The van der Waals surface area contributed by atoms with Gasteiger partial charge in [-0.1, -0.05) is 218 Å². The Bertz CT molecular complexity index is 1030. The number of phosphoric acid groups is 1.